The van der Waals surface area contributed by atoms with Crippen LogP contribution < -0.4 is 69.1 Å². The summed E-state index contributed by atoms with van der Waals surface area (Å²) in [6.45, 7) is 25.3. The number of quaternary nitrogens is 1. The number of carbonyl (C=O) groups excluding carboxylic acids is 3. The Labute approximate surface area is 613 Å². The van der Waals surface area contributed by atoms with Crippen LogP contribution in [0.15, 0.2) is 122 Å². The first-order valence-electron chi connectivity index (χ1n) is 28.7. The number of amides is 3. The van der Waals surface area contributed by atoms with E-state index in [9.17, 15) is 32.3 Å². The molecule has 2 saturated heterocycles. The predicted molar refractivity (Wildman–Crippen MR) is 365 cm³/mol. The molecule has 16 nitrogen and oxygen atoms in total. The number of halogens is 7. The van der Waals surface area contributed by atoms with Crippen molar-refractivity contribution in [2.24, 2.45) is 0 Å². The second-order valence-electron chi connectivity index (χ2n) is 23.5. The second-order valence-corrected chi connectivity index (χ2v) is 23.5. The number of hydrogen-bond donors (Lipinski definition) is 2. The van der Waals surface area contributed by atoms with Crippen LogP contribution in [0.5, 0.6) is 0 Å². The monoisotopic (exact) mass is 1620 g/mol. The van der Waals surface area contributed by atoms with Crippen molar-refractivity contribution in [1.82, 2.24) is 29.7 Å². The summed E-state index contributed by atoms with van der Waals surface area (Å²) in [6, 6.07) is 29.0. The standard InChI is InChI=1S/C27H32FN3O4.C22H24FN3O2.C17H14FNO3.ClH.I2.HI.K.H2.H/c1-16(2)20-13-21(18-7-9-19(28)10-8-18)29-22-14-23(34-24(20)22)25(32)31-12-11-30(15-17(31)3)26(33)35-27(4,5)6;1-13(2)17-10-18(15-4-6-16(23)7-5-15)25-19-11-20(28-21(17)19)22(27)26-9-8-24-12-14(26)3;1-9(2)12-7-13(10-3-5-11(18)6-4-10)19-14-8-15(17(20)21)22-16(12)14;;1-2;;;;/h7-10,13-14,16-17H,11-12,15H2,1-6H3;4-7,10-11,13-14,24H,8-9,12H2,1-3H3;3-9H,1-2H3,(H,20,21);1H;;1H;;1H;/q;;;;;;+1;;-1/t17-;14-;;;;;;;/m11......./s1/i;;;;;;;1+1;. The molecule has 3 aromatic carbocycles. The number of piperazine rings is 2. The Balaban J connectivity index is 0.000000354. The summed E-state index contributed by atoms with van der Waals surface area (Å²) in [7, 11) is 0. The maximum absolute atomic E-state index is 13.4. The van der Waals surface area contributed by atoms with Crippen molar-refractivity contribution >= 4 is 118 Å². The van der Waals surface area contributed by atoms with Gasteiger partial charge in [-0.2, -0.15) is 0 Å². The molecule has 3 amide bonds. The van der Waals surface area contributed by atoms with Gasteiger partial charge < -0.3 is 56.9 Å². The maximum atomic E-state index is 13.4. The largest absolute Gasteiger partial charge is 1.00 e. The first kappa shape index (κ1) is 76.0. The van der Waals surface area contributed by atoms with Gasteiger partial charge in [0.25, 0.3) is 11.8 Å². The molecular formula is C66H75ClF3I3KN7O9. The molecule has 2 aliphatic rings. The Morgan fingerprint density at radius 2 is 0.944 bits per heavy atom. The number of fused-ring (bicyclic) bond motifs is 3. The first-order valence-corrected chi connectivity index (χ1v) is 35.0. The van der Waals surface area contributed by atoms with Gasteiger partial charge in [-0.25, -0.2) is 37.7 Å². The van der Waals surface area contributed by atoms with Gasteiger partial charge in [-0.3, -0.25) is 9.59 Å². The van der Waals surface area contributed by atoms with Gasteiger partial charge in [0.15, 0.2) is 28.3 Å². The smallest absolute Gasteiger partial charge is 1.00 e. The van der Waals surface area contributed by atoms with E-state index in [1.54, 1.807) is 58.3 Å². The molecule has 2 atom stereocenters. The molecule has 0 radical (unpaired) electrons. The van der Waals surface area contributed by atoms with Gasteiger partial charge in [-0.15, -0.1) is 24.0 Å². The number of nitrogens with zero attached hydrogens (tertiary/aromatic N) is 6. The second kappa shape index (κ2) is 33.4. The normalized spacial score (nSPS) is 14.8. The van der Waals surface area contributed by atoms with Crippen LogP contribution in [0.25, 0.3) is 67.1 Å². The Bertz CT molecular complexity index is 3950. The number of rotatable bonds is 9. The zero-order valence-corrected chi connectivity index (χ0v) is 62.7. The molecule has 2 aliphatic heterocycles. The van der Waals surface area contributed by atoms with Gasteiger partial charge in [-0.05, 0) is 143 Å². The van der Waals surface area contributed by atoms with Gasteiger partial charge in [0, 0.05) is 116 Å². The molecule has 24 heteroatoms. The number of pyridine rings is 3. The van der Waals surface area contributed by atoms with E-state index >= 15 is 0 Å². The number of furan rings is 3. The van der Waals surface area contributed by atoms with Gasteiger partial charge in [0.2, 0.25) is 5.76 Å². The summed E-state index contributed by atoms with van der Waals surface area (Å²) >= 11 is 4.24. The van der Waals surface area contributed by atoms with E-state index in [1.165, 1.54) is 42.5 Å². The molecule has 6 aromatic heterocycles. The molecule has 3 N–H and O–H groups in total. The quantitative estimate of drug-likeness (QED) is 0.102. The minimum absolute atomic E-state index is 0. The van der Waals surface area contributed by atoms with Crippen LogP contribution in [0.4, 0.5) is 18.0 Å². The van der Waals surface area contributed by atoms with E-state index in [4.69, 9.17) is 33.1 Å². The Morgan fingerprint density at radius 1 is 0.600 bits per heavy atom. The fourth-order valence-electron chi connectivity index (χ4n) is 10.3. The number of nitrogens with two attached hydrogens (primary N) is 1. The number of carboxylic acids is 1. The number of carbonyl (C=O) groups is 4. The summed E-state index contributed by atoms with van der Waals surface area (Å²) in [5.74, 6) is -1.49. The molecule has 0 unspecified atom stereocenters. The fraction of sp³-hybridized carbons (Fsp3) is 0.348. The minimum Gasteiger partial charge on any atom is -1.00 e. The average Bonchev–Trinajstić information content (AvgIpc) is 1.67. The van der Waals surface area contributed by atoms with Crippen molar-refractivity contribution in [3.8, 4) is 33.8 Å². The summed E-state index contributed by atoms with van der Waals surface area (Å²) < 4.78 is 62.7. The van der Waals surface area contributed by atoms with Crippen LogP contribution in [0.3, 0.4) is 0 Å². The van der Waals surface area contributed by atoms with Gasteiger partial charge in [0.1, 0.15) is 39.6 Å². The Kier molecular flexibility index (Phi) is 28.2. The zero-order chi connectivity index (χ0) is 63.2. The van der Waals surface area contributed by atoms with E-state index in [-0.39, 0.29) is 167 Å². The molecule has 8 heterocycles. The third-order valence-corrected chi connectivity index (χ3v) is 14.9. The van der Waals surface area contributed by atoms with Crippen molar-refractivity contribution < 1.29 is 127 Å². The fourth-order valence-corrected chi connectivity index (χ4v) is 10.3. The third kappa shape index (κ3) is 18.6. The molecule has 11 rings (SSSR count). The van der Waals surface area contributed by atoms with E-state index in [0.717, 1.165) is 52.2 Å². The molecular weight excluding hydrogens is 1550 g/mol. The van der Waals surface area contributed by atoms with Crippen molar-refractivity contribution in [1.29, 1.82) is 0 Å². The number of benzene rings is 3. The van der Waals surface area contributed by atoms with Crippen LogP contribution in [-0.2, 0) is 4.74 Å². The molecule has 9 aromatic rings. The molecule has 478 valence electrons. The number of hydrogen-bond acceptors (Lipinski definition) is 11. The number of aromatic carboxylic acids is 1. The van der Waals surface area contributed by atoms with E-state index in [1.807, 2.05) is 78.5 Å². The summed E-state index contributed by atoms with van der Waals surface area (Å²) in [6.07, 6.45) is -0.376. The van der Waals surface area contributed by atoms with Crippen LogP contribution >= 0.6 is 61.2 Å². The number of ether oxygens (including phenoxy) is 1. The first-order chi connectivity index (χ1) is 41.3. The SMILES string of the molecule is CC(C)c1cc(-c2ccc(F)cc2)nc2cc(C(=O)N3CCN(C(=O)OC(C)(C)C)C[C@H]3C)oc12.CC(C)c1cc(-c2ccc(F)cc2)nc2cc(C(=O)N3CC[NH2+]C[C@H]3C)oc12.CC(C)c1cc(-c2ccc(F)cc2)nc2cc(C(=O)O)oc12.I.II.[2HH].[Cl-].[H-].[K+]. The van der Waals surface area contributed by atoms with Crippen LogP contribution in [-0.4, -0.2) is 116 Å². The van der Waals surface area contributed by atoms with Crippen molar-refractivity contribution in [2.75, 3.05) is 39.3 Å². The predicted octanol–water partition coefficient (Wildman–Crippen LogP) is 10.2. The summed E-state index contributed by atoms with van der Waals surface area (Å²) in [4.78, 5) is 69.0. The summed E-state index contributed by atoms with van der Waals surface area (Å²) in [5, 5.41) is 11.3. The average molecular weight is 1620 g/mol. The summed E-state index contributed by atoms with van der Waals surface area (Å²) in [5.41, 5.74) is 10.1. The zero-order valence-electron chi connectivity index (χ0n) is 53.2. The third-order valence-electron chi connectivity index (χ3n) is 14.9. The molecule has 2 fully saturated rings. The number of aromatic nitrogens is 3. The van der Waals surface area contributed by atoms with Gasteiger partial charge in [0.05, 0.1) is 42.8 Å². The van der Waals surface area contributed by atoms with Crippen molar-refractivity contribution in [3.05, 3.63) is 161 Å². The van der Waals surface area contributed by atoms with Gasteiger partial charge >= 0.3 is 63.4 Å². The van der Waals surface area contributed by atoms with E-state index < -0.39 is 11.6 Å². The molecule has 0 bridgehead atoms. The van der Waals surface area contributed by atoms with Crippen LogP contribution in [0, 0.1) is 17.5 Å². The van der Waals surface area contributed by atoms with Crippen molar-refractivity contribution in [3.63, 3.8) is 0 Å². The van der Waals surface area contributed by atoms with Crippen LogP contribution in [0.1, 0.15) is 145 Å². The molecule has 90 heavy (non-hydrogen) atoms. The Morgan fingerprint density at radius 3 is 1.27 bits per heavy atom. The minimum atomic E-state index is -1.13. The van der Waals surface area contributed by atoms with Crippen molar-refractivity contribution in [2.45, 2.75) is 112 Å². The topological polar surface area (TPSA) is 202 Å². The number of carboxylic acid groups (broad SMARTS) is 1. The van der Waals surface area contributed by atoms with E-state index in [2.05, 4.69) is 68.3 Å². The maximum Gasteiger partial charge on any atom is 1.00 e. The van der Waals surface area contributed by atoms with Crippen LogP contribution in [0.2, 0.25) is 0 Å². The Hall–Kier alpha value is -4.72. The van der Waals surface area contributed by atoms with E-state index in [0.29, 0.717) is 76.6 Å². The van der Waals surface area contributed by atoms with Gasteiger partial charge in [-0.1, -0.05) is 41.5 Å². The molecule has 0 spiro atoms. The molecule has 0 aliphatic carbocycles. The molecule has 0 saturated carbocycles.